The first-order valence-electron chi connectivity index (χ1n) is 6.19. The highest BCUT2D eigenvalue weighted by molar-refractivity contribution is 5.96. The largest absolute Gasteiger partial charge is 0.379 e. The van der Waals surface area contributed by atoms with Crippen LogP contribution in [0.3, 0.4) is 0 Å². The highest BCUT2D eigenvalue weighted by Gasteiger charge is 2.18. The van der Waals surface area contributed by atoms with Gasteiger partial charge in [-0.1, -0.05) is 0 Å². The number of ether oxygens (including phenoxy) is 1. The molecule has 3 rings (SSSR count). The molecule has 2 heterocycles. The number of hydroxylamine groups is 1. The summed E-state index contributed by atoms with van der Waals surface area (Å²) in [6.45, 7) is 1.21. The summed E-state index contributed by atoms with van der Waals surface area (Å²) in [7, 11) is 1.91. The zero-order chi connectivity index (χ0) is 13.2. The van der Waals surface area contributed by atoms with Crippen molar-refractivity contribution in [1.82, 2.24) is 15.0 Å². The number of amides is 1. The van der Waals surface area contributed by atoms with Gasteiger partial charge in [-0.3, -0.25) is 9.63 Å². The van der Waals surface area contributed by atoms with Crippen LogP contribution in [0.2, 0.25) is 0 Å². The van der Waals surface area contributed by atoms with E-state index in [0.29, 0.717) is 18.8 Å². The first-order valence-corrected chi connectivity index (χ1v) is 6.19. The molecular weight excluding hydrogens is 246 g/mol. The predicted molar refractivity (Wildman–Crippen MR) is 68.5 cm³/mol. The number of nitrogens with zero attached hydrogens (tertiary/aromatic N) is 2. The highest BCUT2D eigenvalue weighted by atomic mass is 16.7. The minimum atomic E-state index is -0.264. The van der Waals surface area contributed by atoms with Crippen molar-refractivity contribution in [3.63, 3.8) is 0 Å². The van der Waals surface area contributed by atoms with E-state index < -0.39 is 0 Å². The topological polar surface area (TPSA) is 65.4 Å². The van der Waals surface area contributed by atoms with Gasteiger partial charge in [-0.25, -0.2) is 10.5 Å². The van der Waals surface area contributed by atoms with Crippen LogP contribution in [0, 0.1) is 0 Å². The molecule has 0 radical (unpaired) electrons. The summed E-state index contributed by atoms with van der Waals surface area (Å²) in [5, 5.41) is 0. The van der Waals surface area contributed by atoms with Crippen LogP contribution < -0.4 is 5.48 Å². The number of hydrogen-bond acceptors (Lipinski definition) is 4. The van der Waals surface area contributed by atoms with E-state index in [9.17, 15) is 4.79 Å². The van der Waals surface area contributed by atoms with Gasteiger partial charge in [0, 0.05) is 25.6 Å². The third-order valence-corrected chi connectivity index (χ3v) is 3.19. The van der Waals surface area contributed by atoms with Crippen LogP contribution in [-0.2, 0) is 16.6 Å². The predicted octanol–water partition coefficient (Wildman–Crippen LogP) is 1.02. The van der Waals surface area contributed by atoms with Gasteiger partial charge in [0.15, 0.2) is 0 Å². The van der Waals surface area contributed by atoms with Gasteiger partial charge in [0.2, 0.25) is 0 Å². The van der Waals surface area contributed by atoms with Crippen molar-refractivity contribution in [2.75, 3.05) is 13.2 Å². The zero-order valence-corrected chi connectivity index (χ0v) is 10.6. The van der Waals surface area contributed by atoms with Gasteiger partial charge in [0.25, 0.3) is 5.91 Å². The molecule has 0 aliphatic carbocycles. The van der Waals surface area contributed by atoms with E-state index >= 15 is 0 Å². The summed E-state index contributed by atoms with van der Waals surface area (Å²) in [6.07, 6.45) is 2.47. The lowest BCUT2D eigenvalue weighted by molar-refractivity contribution is -0.0187. The second kappa shape index (κ2) is 4.99. The number of fused-ring (bicyclic) bond motifs is 1. The number of nitrogens with one attached hydrogen (secondary N) is 1. The second-order valence-corrected chi connectivity index (χ2v) is 4.59. The van der Waals surface area contributed by atoms with Gasteiger partial charge in [-0.05, 0) is 18.2 Å². The summed E-state index contributed by atoms with van der Waals surface area (Å²) in [5.41, 5.74) is 4.77. The minimum absolute atomic E-state index is 0.0532. The molecule has 0 bridgehead atoms. The molecule has 100 valence electrons. The lowest BCUT2D eigenvalue weighted by atomic mass is 10.2. The molecule has 1 N–H and O–H groups in total. The van der Waals surface area contributed by atoms with E-state index in [2.05, 4.69) is 10.5 Å². The Morgan fingerprint density at radius 1 is 1.58 bits per heavy atom. The molecule has 0 spiro atoms. The Labute approximate surface area is 110 Å². The summed E-state index contributed by atoms with van der Waals surface area (Å²) in [4.78, 5) is 21.4. The van der Waals surface area contributed by atoms with Crippen molar-refractivity contribution in [3.8, 4) is 0 Å². The molecule has 1 aliphatic rings. The van der Waals surface area contributed by atoms with Gasteiger partial charge in [0.1, 0.15) is 6.10 Å². The fraction of sp³-hybridized carbons (Fsp3) is 0.385. The van der Waals surface area contributed by atoms with E-state index in [1.807, 2.05) is 17.7 Å². The Bertz CT molecular complexity index is 602. The molecule has 1 unspecified atom stereocenters. The first-order chi connectivity index (χ1) is 9.24. The lowest BCUT2D eigenvalue weighted by Crippen LogP contribution is -2.29. The summed E-state index contributed by atoms with van der Waals surface area (Å²) in [5.74, 6) is -0.264. The molecule has 6 nitrogen and oxygen atoms in total. The fourth-order valence-corrected chi connectivity index (χ4v) is 2.08. The van der Waals surface area contributed by atoms with E-state index in [4.69, 9.17) is 9.57 Å². The first kappa shape index (κ1) is 12.1. The standard InChI is InChI=1S/C13H15N3O3/c1-16-8-14-11-6-9(2-3-12(11)16)13(17)15-19-10-4-5-18-7-10/h2-3,6,8,10H,4-5,7H2,1H3,(H,15,17). The van der Waals surface area contributed by atoms with E-state index in [1.165, 1.54) is 0 Å². The van der Waals surface area contributed by atoms with Gasteiger partial charge < -0.3 is 9.30 Å². The average Bonchev–Trinajstić information content (AvgIpc) is 3.06. The molecule has 0 saturated carbocycles. The number of carbonyl (C=O) groups is 1. The molecule has 1 fully saturated rings. The van der Waals surface area contributed by atoms with Crippen LogP contribution in [0.5, 0.6) is 0 Å². The van der Waals surface area contributed by atoms with Crippen molar-refractivity contribution in [2.24, 2.45) is 7.05 Å². The number of rotatable bonds is 3. The number of carbonyl (C=O) groups excluding carboxylic acids is 1. The fourth-order valence-electron chi connectivity index (χ4n) is 2.08. The Morgan fingerprint density at radius 2 is 2.47 bits per heavy atom. The highest BCUT2D eigenvalue weighted by Crippen LogP contribution is 2.14. The molecule has 1 aliphatic heterocycles. The molecule has 6 heteroatoms. The number of imidazole rings is 1. The molecule has 2 aromatic rings. The smallest absolute Gasteiger partial charge is 0.274 e. The third kappa shape index (κ3) is 2.45. The van der Waals surface area contributed by atoms with Crippen molar-refractivity contribution in [2.45, 2.75) is 12.5 Å². The molecule has 19 heavy (non-hydrogen) atoms. The Hall–Kier alpha value is -1.92. The Morgan fingerprint density at radius 3 is 3.26 bits per heavy atom. The number of aromatic nitrogens is 2. The number of hydrogen-bond donors (Lipinski definition) is 1. The Kier molecular flexibility index (Phi) is 3.18. The quantitative estimate of drug-likeness (QED) is 0.838. The van der Waals surface area contributed by atoms with Crippen molar-refractivity contribution in [1.29, 1.82) is 0 Å². The zero-order valence-electron chi connectivity index (χ0n) is 10.6. The van der Waals surface area contributed by atoms with Gasteiger partial charge >= 0.3 is 0 Å². The van der Waals surface area contributed by atoms with E-state index in [0.717, 1.165) is 17.5 Å². The Balaban J connectivity index is 1.70. The maximum Gasteiger partial charge on any atom is 0.274 e. The van der Waals surface area contributed by atoms with Crippen LogP contribution in [0.1, 0.15) is 16.8 Å². The number of benzene rings is 1. The average molecular weight is 261 g/mol. The van der Waals surface area contributed by atoms with Gasteiger partial charge in [-0.2, -0.15) is 0 Å². The monoisotopic (exact) mass is 261 g/mol. The molecule has 1 atom stereocenters. The van der Waals surface area contributed by atoms with Crippen LogP contribution in [0.4, 0.5) is 0 Å². The normalized spacial score (nSPS) is 18.9. The maximum atomic E-state index is 11.9. The van der Waals surface area contributed by atoms with Crippen LogP contribution in [0.15, 0.2) is 24.5 Å². The molecule has 1 amide bonds. The van der Waals surface area contributed by atoms with Crippen molar-refractivity contribution in [3.05, 3.63) is 30.1 Å². The minimum Gasteiger partial charge on any atom is -0.379 e. The van der Waals surface area contributed by atoms with Gasteiger partial charge in [0.05, 0.1) is 24.0 Å². The summed E-state index contributed by atoms with van der Waals surface area (Å²) in [6, 6.07) is 5.38. The third-order valence-electron chi connectivity index (χ3n) is 3.19. The lowest BCUT2D eigenvalue weighted by Gasteiger charge is -2.10. The van der Waals surface area contributed by atoms with Crippen LogP contribution in [-0.4, -0.2) is 34.8 Å². The van der Waals surface area contributed by atoms with Crippen molar-refractivity contribution < 1.29 is 14.4 Å². The van der Waals surface area contributed by atoms with Crippen LogP contribution in [0.25, 0.3) is 11.0 Å². The SMILES string of the molecule is Cn1cnc2cc(C(=O)NOC3CCOC3)ccc21. The maximum absolute atomic E-state index is 11.9. The molecule has 1 saturated heterocycles. The van der Waals surface area contributed by atoms with Crippen molar-refractivity contribution >= 4 is 16.9 Å². The molecule has 1 aromatic carbocycles. The number of aryl methyl sites for hydroxylation is 1. The summed E-state index contributed by atoms with van der Waals surface area (Å²) >= 11 is 0. The summed E-state index contributed by atoms with van der Waals surface area (Å²) < 4.78 is 7.07. The van der Waals surface area contributed by atoms with E-state index in [-0.39, 0.29) is 12.0 Å². The molecule has 1 aromatic heterocycles. The second-order valence-electron chi connectivity index (χ2n) is 4.59. The van der Waals surface area contributed by atoms with E-state index in [1.54, 1.807) is 18.5 Å². The molecular formula is C13H15N3O3. The van der Waals surface area contributed by atoms with Crippen LogP contribution >= 0.6 is 0 Å². The van der Waals surface area contributed by atoms with Gasteiger partial charge in [-0.15, -0.1) is 0 Å².